The Kier molecular flexibility index (Phi) is 4.96. The monoisotopic (exact) mass is 303 g/mol. The second kappa shape index (κ2) is 6.41. The van der Waals surface area contributed by atoms with Gasteiger partial charge in [-0.1, -0.05) is 58.0 Å². The predicted octanol–water partition coefficient (Wildman–Crippen LogP) is 3.17. The van der Waals surface area contributed by atoms with E-state index in [1.807, 2.05) is 45.9 Å². The normalized spacial score (nSPS) is 18.1. The molecule has 1 aliphatic rings. The fourth-order valence-electron chi connectivity index (χ4n) is 3.12. The van der Waals surface area contributed by atoms with Gasteiger partial charge in [0.15, 0.2) is 0 Å². The van der Waals surface area contributed by atoms with Gasteiger partial charge in [0.1, 0.15) is 0 Å². The number of carbonyl (C=O) groups is 1. The van der Waals surface area contributed by atoms with Crippen molar-refractivity contribution in [2.75, 3.05) is 6.54 Å². The molecule has 0 radical (unpaired) electrons. The molecule has 0 saturated heterocycles. The molecule has 1 fully saturated rings. The maximum Gasteiger partial charge on any atom is 0.226 e. The van der Waals surface area contributed by atoms with Gasteiger partial charge in [-0.05, 0) is 30.7 Å². The molecule has 1 atom stereocenters. The van der Waals surface area contributed by atoms with Crippen LogP contribution in [0, 0.1) is 16.7 Å². The lowest BCUT2D eigenvalue weighted by Crippen LogP contribution is -2.45. The van der Waals surface area contributed by atoms with Gasteiger partial charge in [0, 0.05) is 12.0 Å². The topological polar surface area (TPSA) is 49.3 Å². The van der Waals surface area contributed by atoms with Gasteiger partial charge in [0.2, 0.25) is 5.91 Å². The van der Waals surface area contributed by atoms with Crippen LogP contribution in [0.15, 0.2) is 30.3 Å². The smallest absolute Gasteiger partial charge is 0.226 e. The Hall–Kier alpha value is -1.35. The van der Waals surface area contributed by atoms with Gasteiger partial charge >= 0.3 is 0 Å². The molecule has 0 heterocycles. The average Bonchev–Trinajstić information content (AvgIpc) is 3.25. The van der Waals surface area contributed by atoms with E-state index in [4.69, 9.17) is 0 Å². The SMILES string of the molecule is CC(C)C(O)C(C)(C)CNC(=O)C1(Cc2ccccc2)CC1. The van der Waals surface area contributed by atoms with Gasteiger partial charge < -0.3 is 10.4 Å². The molecule has 0 spiro atoms. The highest BCUT2D eigenvalue weighted by molar-refractivity contribution is 5.85. The van der Waals surface area contributed by atoms with Gasteiger partial charge in [-0.15, -0.1) is 0 Å². The Morgan fingerprint density at radius 1 is 1.27 bits per heavy atom. The van der Waals surface area contributed by atoms with Crippen LogP contribution in [0.5, 0.6) is 0 Å². The minimum Gasteiger partial charge on any atom is -0.392 e. The first kappa shape index (κ1) is 17.0. The van der Waals surface area contributed by atoms with Crippen molar-refractivity contribution in [2.45, 2.75) is 53.1 Å². The lowest BCUT2D eigenvalue weighted by molar-refractivity contribution is -0.127. The van der Waals surface area contributed by atoms with Crippen LogP contribution in [-0.4, -0.2) is 23.7 Å². The van der Waals surface area contributed by atoms with Crippen molar-refractivity contribution in [3.8, 4) is 0 Å². The van der Waals surface area contributed by atoms with Crippen LogP contribution in [0.2, 0.25) is 0 Å². The molecule has 0 aromatic heterocycles. The molecule has 3 nitrogen and oxygen atoms in total. The second-order valence-corrected chi connectivity index (χ2v) is 7.80. The van der Waals surface area contributed by atoms with E-state index < -0.39 is 6.10 Å². The maximum absolute atomic E-state index is 12.6. The third-order valence-corrected chi connectivity index (χ3v) is 4.86. The number of hydrogen-bond acceptors (Lipinski definition) is 2. The Morgan fingerprint density at radius 3 is 2.36 bits per heavy atom. The molecule has 2 rings (SSSR count). The van der Waals surface area contributed by atoms with Crippen LogP contribution in [-0.2, 0) is 11.2 Å². The summed E-state index contributed by atoms with van der Waals surface area (Å²) in [4.78, 5) is 12.6. The van der Waals surface area contributed by atoms with Crippen molar-refractivity contribution in [2.24, 2.45) is 16.7 Å². The highest BCUT2D eigenvalue weighted by atomic mass is 16.3. The molecule has 22 heavy (non-hydrogen) atoms. The van der Waals surface area contributed by atoms with Crippen LogP contribution in [0.3, 0.4) is 0 Å². The minimum absolute atomic E-state index is 0.139. The van der Waals surface area contributed by atoms with Gasteiger partial charge in [0.05, 0.1) is 11.5 Å². The Labute approximate surface area is 134 Å². The molecular weight excluding hydrogens is 274 g/mol. The first-order chi connectivity index (χ1) is 10.3. The predicted molar refractivity (Wildman–Crippen MR) is 89.4 cm³/mol. The average molecular weight is 303 g/mol. The van der Waals surface area contributed by atoms with Crippen molar-refractivity contribution < 1.29 is 9.90 Å². The number of aliphatic hydroxyl groups excluding tert-OH is 1. The number of nitrogens with one attached hydrogen (secondary N) is 1. The third-order valence-electron chi connectivity index (χ3n) is 4.86. The zero-order chi connectivity index (χ0) is 16.4. The molecule has 0 bridgehead atoms. The number of carbonyl (C=O) groups excluding carboxylic acids is 1. The van der Waals surface area contributed by atoms with E-state index in [0.717, 1.165) is 19.3 Å². The summed E-state index contributed by atoms with van der Waals surface area (Å²) < 4.78 is 0. The van der Waals surface area contributed by atoms with Gasteiger partial charge in [-0.25, -0.2) is 0 Å². The summed E-state index contributed by atoms with van der Waals surface area (Å²) >= 11 is 0. The van der Waals surface area contributed by atoms with Crippen molar-refractivity contribution in [1.29, 1.82) is 0 Å². The number of benzene rings is 1. The summed E-state index contributed by atoms with van der Waals surface area (Å²) in [6.45, 7) is 8.54. The second-order valence-electron chi connectivity index (χ2n) is 7.80. The number of rotatable bonds is 7. The van der Waals surface area contributed by atoms with E-state index in [9.17, 15) is 9.90 Å². The summed E-state index contributed by atoms with van der Waals surface area (Å²) in [6, 6.07) is 10.2. The van der Waals surface area contributed by atoms with E-state index >= 15 is 0 Å². The maximum atomic E-state index is 12.6. The standard InChI is InChI=1S/C19H29NO2/c1-14(2)16(21)18(3,4)13-20-17(22)19(10-11-19)12-15-8-6-5-7-9-15/h5-9,14,16,21H,10-13H2,1-4H3,(H,20,22). The zero-order valence-corrected chi connectivity index (χ0v) is 14.2. The Balaban J connectivity index is 1.92. The molecule has 2 N–H and O–H groups in total. The molecule has 1 amide bonds. The molecule has 1 aromatic carbocycles. The quantitative estimate of drug-likeness (QED) is 0.813. The lowest BCUT2D eigenvalue weighted by Gasteiger charge is -2.33. The summed E-state index contributed by atoms with van der Waals surface area (Å²) in [5, 5.41) is 13.4. The Bertz CT molecular complexity index is 503. The lowest BCUT2D eigenvalue weighted by atomic mass is 9.80. The summed E-state index contributed by atoms with van der Waals surface area (Å²) in [5.41, 5.74) is 0.684. The minimum atomic E-state index is -0.419. The van der Waals surface area contributed by atoms with E-state index in [0.29, 0.717) is 6.54 Å². The van der Waals surface area contributed by atoms with Crippen LogP contribution in [0.4, 0.5) is 0 Å². The first-order valence-electron chi connectivity index (χ1n) is 8.27. The fourth-order valence-corrected chi connectivity index (χ4v) is 3.12. The van der Waals surface area contributed by atoms with E-state index in [1.54, 1.807) is 0 Å². The van der Waals surface area contributed by atoms with E-state index in [1.165, 1.54) is 5.56 Å². The first-order valence-corrected chi connectivity index (χ1v) is 8.27. The van der Waals surface area contributed by atoms with Gasteiger partial charge in [-0.3, -0.25) is 4.79 Å². The molecular formula is C19H29NO2. The molecule has 122 valence electrons. The van der Waals surface area contributed by atoms with Crippen LogP contribution in [0.25, 0.3) is 0 Å². The van der Waals surface area contributed by atoms with Crippen molar-refractivity contribution >= 4 is 5.91 Å². The molecule has 3 heteroatoms. The van der Waals surface area contributed by atoms with E-state index in [-0.39, 0.29) is 22.7 Å². The van der Waals surface area contributed by atoms with Gasteiger partial charge in [-0.2, -0.15) is 0 Å². The summed E-state index contributed by atoms with van der Waals surface area (Å²) in [5.74, 6) is 0.325. The fraction of sp³-hybridized carbons (Fsp3) is 0.632. The summed E-state index contributed by atoms with van der Waals surface area (Å²) in [7, 11) is 0. The van der Waals surface area contributed by atoms with E-state index in [2.05, 4.69) is 17.4 Å². The largest absolute Gasteiger partial charge is 0.392 e. The van der Waals surface area contributed by atoms with Crippen molar-refractivity contribution in [3.05, 3.63) is 35.9 Å². The molecule has 0 aliphatic heterocycles. The van der Waals surface area contributed by atoms with Crippen molar-refractivity contribution in [3.63, 3.8) is 0 Å². The highest BCUT2D eigenvalue weighted by Crippen LogP contribution is 2.48. The molecule has 1 aromatic rings. The third kappa shape index (κ3) is 3.89. The molecule has 1 aliphatic carbocycles. The van der Waals surface area contributed by atoms with Crippen molar-refractivity contribution in [1.82, 2.24) is 5.32 Å². The molecule has 1 saturated carbocycles. The van der Waals surface area contributed by atoms with Crippen LogP contribution < -0.4 is 5.32 Å². The summed E-state index contributed by atoms with van der Waals surface area (Å²) in [6.07, 6.45) is 2.31. The van der Waals surface area contributed by atoms with Crippen LogP contribution in [0.1, 0.15) is 46.1 Å². The zero-order valence-electron chi connectivity index (χ0n) is 14.2. The Morgan fingerprint density at radius 2 is 1.86 bits per heavy atom. The number of aliphatic hydroxyl groups is 1. The number of amides is 1. The highest BCUT2D eigenvalue weighted by Gasteiger charge is 2.49. The number of hydrogen-bond donors (Lipinski definition) is 2. The van der Waals surface area contributed by atoms with Gasteiger partial charge in [0.25, 0.3) is 0 Å². The molecule has 1 unspecified atom stereocenters. The van der Waals surface area contributed by atoms with Crippen LogP contribution >= 0.6 is 0 Å².